The van der Waals surface area contributed by atoms with Crippen molar-refractivity contribution in [3.63, 3.8) is 0 Å². The molecule has 0 unspecified atom stereocenters. The van der Waals surface area contributed by atoms with Gasteiger partial charge in [0.2, 0.25) is 15.9 Å². The van der Waals surface area contributed by atoms with E-state index in [4.69, 9.17) is 4.98 Å². The van der Waals surface area contributed by atoms with Crippen molar-refractivity contribution in [2.45, 2.75) is 59.3 Å². The average Bonchev–Trinajstić information content (AvgIpc) is 3.41. The summed E-state index contributed by atoms with van der Waals surface area (Å²) in [6.07, 6.45) is 0.903. The van der Waals surface area contributed by atoms with Crippen molar-refractivity contribution in [3.8, 4) is 11.3 Å². The van der Waals surface area contributed by atoms with Gasteiger partial charge in [-0.3, -0.25) is 9.69 Å². The summed E-state index contributed by atoms with van der Waals surface area (Å²) >= 11 is 4.92. The van der Waals surface area contributed by atoms with Gasteiger partial charge >= 0.3 is 0 Å². The molecule has 0 atom stereocenters. The van der Waals surface area contributed by atoms with Crippen LogP contribution >= 0.6 is 27.3 Å². The van der Waals surface area contributed by atoms with E-state index in [0.717, 1.165) is 54.8 Å². The van der Waals surface area contributed by atoms with Crippen LogP contribution in [-0.4, -0.2) is 36.7 Å². The first-order chi connectivity index (χ1) is 19.9. The van der Waals surface area contributed by atoms with Crippen molar-refractivity contribution >= 4 is 54.0 Å². The molecule has 1 saturated heterocycles. The SMILES string of the molecule is Cc1cc(C)cc(N(C(=O)C2CCN(S(=O)(=O)c3c(C)c(C)cc(C)c3C)CC2)c2nc(-c3ccc(Br)cc3)cs2)c1. The fourth-order valence-corrected chi connectivity index (χ4v) is 8.92. The maximum Gasteiger partial charge on any atom is 0.243 e. The standard InChI is InChI=1S/C33H36BrN3O3S2/c1-20-15-21(2)17-29(16-20)37(33-35-30(19-41-33)26-7-9-28(34)10-8-26)32(38)27-11-13-36(14-12-27)42(39,40)31-24(5)22(3)18-23(4)25(31)6/h7-10,15-19,27H,11-14H2,1-6H3. The molecule has 0 bridgehead atoms. The number of carbonyl (C=O) groups excluding carboxylic acids is 1. The number of piperidine rings is 1. The lowest BCUT2D eigenvalue weighted by atomic mass is 9.96. The molecule has 1 amide bonds. The number of benzene rings is 3. The number of aromatic nitrogens is 1. The summed E-state index contributed by atoms with van der Waals surface area (Å²) in [5.74, 6) is -0.369. The molecule has 1 fully saturated rings. The second-order valence-electron chi connectivity index (χ2n) is 11.3. The third-order valence-corrected chi connectivity index (χ3v) is 11.7. The number of hydrogen-bond acceptors (Lipinski definition) is 5. The molecule has 1 aromatic heterocycles. The van der Waals surface area contributed by atoms with E-state index in [1.165, 1.54) is 11.3 Å². The number of nitrogens with zero attached hydrogens (tertiary/aromatic N) is 3. The number of thiazole rings is 1. The van der Waals surface area contributed by atoms with Gasteiger partial charge in [-0.05, 0) is 112 Å². The third kappa shape index (κ3) is 5.97. The minimum atomic E-state index is -3.69. The summed E-state index contributed by atoms with van der Waals surface area (Å²) in [5.41, 5.74) is 8.22. The number of sulfonamides is 1. The molecule has 6 nitrogen and oxygen atoms in total. The van der Waals surface area contributed by atoms with Gasteiger partial charge in [-0.1, -0.05) is 40.2 Å². The molecule has 4 aromatic rings. The van der Waals surface area contributed by atoms with E-state index in [1.807, 2.05) is 89.4 Å². The quantitative estimate of drug-likeness (QED) is 0.208. The lowest BCUT2D eigenvalue weighted by molar-refractivity contribution is -0.122. The van der Waals surface area contributed by atoms with Gasteiger partial charge in [0.05, 0.1) is 16.3 Å². The summed E-state index contributed by atoms with van der Waals surface area (Å²) in [7, 11) is -3.69. The number of hydrogen-bond donors (Lipinski definition) is 0. The van der Waals surface area contributed by atoms with Gasteiger partial charge in [-0.25, -0.2) is 13.4 Å². The van der Waals surface area contributed by atoms with Crippen LogP contribution in [0.1, 0.15) is 46.2 Å². The lowest BCUT2D eigenvalue weighted by Gasteiger charge is -2.34. The Morgan fingerprint density at radius 1 is 0.905 bits per heavy atom. The summed E-state index contributed by atoms with van der Waals surface area (Å²) in [5, 5.41) is 2.59. The second kappa shape index (κ2) is 12.0. The van der Waals surface area contributed by atoms with Crippen molar-refractivity contribution in [1.29, 1.82) is 0 Å². The van der Waals surface area contributed by atoms with Crippen LogP contribution < -0.4 is 4.90 Å². The van der Waals surface area contributed by atoms with Crippen LogP contribution in [0.5, 0.6) is 0 Å². The molecule has 0 N–H and O–H groups in total. The monoisotopic (exact) mass is 665 g/mol. The van der Waals surface area contributed by atoms with E-state index in [2.05, 4.69) is 22.0 Å². The molecule has 1 aliphatic heterocycles. The minimum Gasteiger partial charge on any atom is -0.274 e. The van der Waals surface area contributed by atoms with Crippen molar-refractivity contribution < 1.29 is 13.2 Å². The molecular weight excluding hydrogens is 630 g/mol. The van der Waals surface area contributed by atoms with Crippen LogP contribution in [0, 0.1) is 47.5 Å². The first-order valence-corrected chi connectivity index (χ1v) is 17.2. The van der Waals surface area contributed by atoms with Crippen LogP contribution in [0.3, 0.4) is 0 Å². The first kappa shape index (κ1) is 30.6. The normalized spacial score (nSPS) is 14.7. The van der Waals surface area contributed by atoms with Crippen LogP contribution in [0.25, 0.3) is 11.3 Å². The zero-order valence-electron chi connectivity index (χ0n) is 24.9. The highest BCUT2D eigenvalue weighted by Gasteiger charge is 2.37. The predicted molar refractivity (Wildman–Crippen MR) is 175 cm³/mol. The van der Waals surface area contributed by atoms with Gasteiger partial charge in [-0.15, -0.1) is 11.3 Å². The van der Waals surface area contributed by atoms with Gasteiger partial charge in [0.1, 0.15) is 0 Å². The Balaban J connectivity index is 1.43. The number of halogens is 1. The molecule has 0 aliphatic carbocycles. The maximum absolute atomic E-state index is 14.3. The van der Waals surface area contributed by atoms with Crippen LogP contribution in [0.15, 0.2) is 63.3 Å². The minimum absolute atomic E-state index is 0.0486. The fourth-order valence-electron chi connectivity index (χ4n) is 5.75. The molecule has 5 rings (SSSR count). The highest BCUT2D eigenvalue weighted by atomic mass is 79.9. The Hall–Kier alpha value is -2.85. The van der Waals surface area contributed by atoms with E-state index in [1.54, 1.807) is 9.21 Å². The zero-order valence-corrected chi connectivity index (χ0v) is 28.1. The summed E-state index contributed by atoms with van der Waals surface area (Å²) in [6.45, 7) is 12.3. The number of rotatable bonds is 6. The number of anilines is 2. The predicted octanol–water partition coefficient (Wildman–Crippen LogP) is 8.19. The van der Waals surface area contributed by atoms with Crippen molar-refractivity contribution in [2.75, 3.05) is 18.0 Å². The van der Waals surface area contributed by atoms with E-state index in [-0.39, 0.29) is 11.8 Å². The van der Waals surface area contributed by atoms with Crippen LogP contribution in [0.2, 0.25) is 0 Å². The summed E-state index contributed by atoms with van der Waals surface area (Å²) in [6, 6.07) is 16.1. The largest absolute Gasteiger partial charge is 0.274 e. The van der Waals surface area contributed by atoms with Gasteiger partial charge in [0.25, 0.3) is 0 Å². The van der Waals surface area contributed by atoms with Crippen molar-refractivity contribution in [3.05, 3.63) is 91.8 Å². The highest BCUT2D eigenvalue weighted by Crippen LogP contribution is 2.37. The van der Waals surface area contributed by atoms with E-state index < -0.39 is 10.0 Å². The molecule has 0 saturated carbocycles. The second-order valence-corrected chi connectivity index (χ2v) is 14.9. The molecule has 0 spiro atoms. The Bertz CT molecular complexity index is 1710. The molecule has 220 valence electrons. The topological polar surface area (TPSA) is 70.6 Å². The first-order valence-electron chi connectivity index (χ1n) is 14.1. The van der Waals surface area contributed by atoms with Crippen molar-refractivity contribution in [1.82, 2.24) is 9.29 Å². The summed E-state index contributed by atoms with van der Waals surface area (Å²) in [4.78, 5) is 21.3. The number of aryl methyl sites for hydroxylation is 4. The molecule has 42 heavy (non-hydrogen) atoms. The Kier molecular flexibility index (Phi) is 8.77. The summed E-state index contributed by atoms with van der Waals surface area (Å²) < 4.78 is 30.2. The van der Waals surface area contributed by atoms with E-state index in [9.17, 15) is 13.2 Å². The number of amides is 1. The van der Waals surface area contributed by atoms with Crippen molar-refractivity contribution in [2.24, 2.45) is 5.92 Å². The van der Waals surface area contributed by atoms with E-state index >= 15 is 0 Å². The molecule has 1 aliphatic rings. The molecule has 2 heterocycles. The van der Waals surface area contributed by atoms with Gasteiger partial charge < -0.3 is 0 Å². The smallest absolute Gasteiger partial charge is 0.243 e. The Morgan fingerprint density at radius 2 is 1.48 bits per heavy atom. The number of carbonyl (C=O) groups is 1. The Labute approximate surface area is 261 Å². The van der Waals surface area contributed by atoms with Crippen LogP contribution in [0.4, 0.5) is 10.8 Å². The highest BCUT2D eigenvalue weighted by molar-refractivity contribution is 9.10. The Morgan fingerprint density at radius 3 is 2.05 bits per heavy atom. The zero-order chi connectivity index (χ0) is 30.3. The molecule has 9 heteroatoms. The third-order valence-electron chi connectivity index (χ3n) is 8.21. The fraction of sp³-hybridized carbons (Fsp3) is 0.333. The van der Waals surface area contributed by atoms with Gasteiger partial charge in [-0.2, -0.15) is 4.31 Å². The molecule has 3 aromatic carbocycles. The van der Waals surface area contributed by atoms with Crippen LogP contribution in [-0.2, 0) is 14.8 Å². The van der Waals surface area contributed by atoms with Gasteiger partial charge in [0, 0.05) is 34.4 Å². The maximum atomic E-state index is 14.3. The average molecular weight is 667 g/mol. The molecular formula is C33H36BrN3O3S2. The van der Waals surface area contributed by atoms with E-state index in [0.29, 0.717) is 36.0 Å². The van der Waals surface area contributed by atoms with Gasteiger partial charge in [0.15, 0.2) is 5.13 Å². The lowest BCUT2D eigenvalue weighted by Crippen LogP contribution is -2.43. The molecule has 0 radical (unpaired) electrons.